The Morgan fingerprint density at radius 2 is 2.33 bits per heavy atom. The molecule has 0 spiro atoms. The lowest BCUT2D eigenvalue weighted by atomic mass is 10.1. The molecule has 0 atom stereocenters. The number of carbonyl (C=O) groups is 1. The van der Waals surface area contributed by atoms with Crippen molar-refractivity contribution < 1.29 is 4.79 Å². The van der Waals surface area contributed by atoms with Crippen molar-refractivity contribution in [1.29, 1.82) is 0 Å². The quantitative estimate of drug-likeness (QED) is 0.689. The van der Waals surface area contributed by atoms with E-state index in [2.05, 4.69) is 20.4 Å². The van der Waals surface area contributed by atoms with Crippen LogP contribution in [-0.4, -0.2) is 46.7 Å². The molecule has 100 valence electrons. The van der Waals surface area contributed by atoms with Gasteiger partial charge in [0.1, 0.15) is 0 Å². The zero-order chi connectivity index (χ0) is 13.0. The minimum atomic E-state index is 0.0612. The lowest BCUT2D eigenvalue weighted by molar-refractivity contribution is -0.122. The van der Waals surface area contributed by atoms with E-state index in [1.807, 2.05) is 6.92 Å². The third-order valence-electron chi connectivity index (χ3n) is 3.41. The number of amides is 1. The predicted octanol–water partition coefficient (Wildman–Crippen LogP) is -0.243. The van der Waals surface area contributed by atoms with Gasteiger partial charge in [-0.25, -0.2) is 0 Å². The molecule has 0 aromatic carbocycles. The van der Waals surface area contributed by atoms with Crippen molar-refractivity contribution in [2.24, 2.45) is 5.73 Å². The average molecular weight is 251 g/mol. The summed E-state index contributed by atoms with van der Waals surface area (Å²) in [6.45, 7) is 4.78. The van der Waals surface area contributed by atoms with E-state index in [4.69, 9.17) is 5.73 Å². The molecule has 0 bridgehead atoms. The molecule has 1 fully saturated rings. The summed E-state index contributed by atoms with van der Waals surface area (Å²) >= 11 is 0. The summed E-state index contributed by atoms with van der Waals surface area (Å²) < 4.78 is 0. The van der Waals surface area contributed by atoms with E-state index < -0.39 is 0 Å². The fourth-order valence-corrected chi connectivity index (χ4v) is 2.12. The Morgan fingerprint density at radius 3 is 2.94 bits per heavy atom. The van der Waals surface area contributed by atoms with Gasteiger partial charge >= 0.3 is 0 Å². The van der Waals surface area contributed by atoms with Crippen molar-refractivity contribution >= 4 is 5.91 Å². The number of aromatic nitrogens is 2. The fourth-order valence-electron chi connectivity index (χ4n) is 2.12. The lowest BCUT2D eigenvalue weighted by Crippen LogP contribution is -2.44. The van der Waals surface area contributed by atoms with Crippen molar-refractivity contribution in [3.05, 3.63) is 17.5 Å². The van der Waals surface area contributed by atoms with Gasteiger partial charge in [-0.1, -0.05) is 0 Å². The molecule has 2 heterocycles. The number of hydrogen-bond donors (Lipinski definition) is 3. The van der Waals surface area contributed by atoms with E-state index in [1.165, 1.54) is 0 Å². The van der Waals surface area contributed by atoms with Crippen LogP contribution in [0, 0.1) is 6.92 Å². The minimum Gasteiger partial charge on any atom is -0.351 e. The standard InChI is InChI=1S/C12H21N5O/c1-9-10(7-15-16-9)6-14-12(18)8-17-4-2-11(13)3-5-17/h7,11H,2-6,8,13H2,1H3,(H,14,18)(H,15,16). The Kier molecular flexibility index (Phi) is 4.33. The number of piperidine rings is 1. The third kappa shape index (κ3) is 3.54. The van der Waals surface area contributed by atoms with Gasteiger partial charge in [0.2, 0.25) is 5.91 Å². The topological polar surface area (TPSA) is 87.0 Å². The highest BCUT2D eigenvalue weighted by molar-refractivity contribution is 5.78. The lowest BCUT2D eigenvalue weighted by Gasteiger charge is -2.29. The molecular formula is C12H21N5O. The number of H-pyrrole nitrogens is 1. The van der Waals surface area contributed by atoms with Crippen LogP contribution in [0.5, 0.6) is 0 Å². The maximum Gasteiger partial charge on any atom is 0.234 e. The van der Waals surface area contributed by atoms with E-state index in [9.17, 15) is 4.79 Å². The van der Waals surface area contributed by atoms with Gasteiger partial charge in [-0.05, 0) is 19.8 Å². The Labute approximate surface area is 107 Å². The number of aromatic amines is 1. The third-order valence-corrected chi connectivity index (χ3v) is 3.41. The molecule has 1 aromatic heterocycles. The second kappa shape index (κ2) is 5.97. The summed E-state index contributed by atoms with van der Waals surface area (Å²) in [4.78, 5) is 13.9. The van der Waals surface area contributed by atoms with Crippen LogP contribution < -0.4 is 11.1 Å². The Balaban J connectivity index is 1.71. The Bertz CT molecular complexity index is 395. The number of nitrogens with one attached hydrogen (secondary N) is 2. The normalized spacial score (nSPS) is 17.9. The molecule has 1 saturated heterocycles. The zero-order valence-corrected chi connectivity index (χ0v) is 10.8. The number of rotatable bonds is 4. The van der Waals surface area contributed by atoms with Crippen molar-refractivity contribution in [3.8, 4) is 0 Å². The highest BCUT2D eigenvalue weighted by atomic mass is 16.2. The number of likely N-dealkylation sites (tertiary alicyclic amines) is 1. The van der Waals surface area contributed by atoms with Crippen LogP contribution in [0.3, 0.4) is 0 Å². The largest absolute Gasteiger partial charge is 0.351 e. The summed E-state index contributed by atoms with van der Waals surface area (Å²) in [5.74, 6) is 0.0612. The molecule has 1 aliphatic heterocycles. The van der Waals surface area contributed by atoms with Gasteiger partial charge in [0, 0.05) is 36.9 Å². The van der Waals surface area contributed by atoms with Gasteiger partial charge < -0.3 is 11.1 Å². The van der Waals surface area contributed by atoms with Crippen molar-refractivity contribution in [3.63, 3.8) is 0 Å². The summed E-state index contributed by atoms with van der Waals surface area (Å²) in [7, 11) is 0. The zero-order valence-electron chi connectivity index (χ0n) is 10.8. The van der Waals surface area contributed by atoms with Crippen LogP contribution >= 0.6 is 0 Å². The molecule has 2 rings (SSSR count). The molecular weight excluding hydrogens is 230 g/mol. The summed E-state index contributed by atoms with van der Waals surface area (Å²) in [5, 5.41) is 9.69. The molecule has 1 aromatic rings. The first-order valence-corrected chi connectivity index (χ1v) is 6.38. The minimum absolute atomic E-state index is 0.0612. The van der Waals surface area contributed by atoms with Gasteiger partial charge in [0.05, 0.1) is 12.7 Å². The van der Waals surface area contributed by atoms with Gasteiger partial charge in [-0.2, -0.15) is 5.10 Å². The Morgan fingerprint density at radius 1 is 1.61 bits per heavy atom. The molecule has 18 heavy (non-hydrogen) atoms. The Hall–Kier alpha value is -1.40. The number of nitrogens with two attached hydrogens (primary N) is 1. The second-order valence-corrected chi connectivity index (χ2v) is 4.91. The van der Waals surface area contributed by atoms with E-state index in [1.54, 1.807) is 6.20 Å². The highest BCUT2D eigenvalue weighted by Gasteiger charge is 2.18. The predicted molar refractivity (Wildman–Crippen MR) is 68.8 cm³/mol. The van der Waals surface area contributed by atoms with Gasteiger partial charge in [0.15, 0.2) is 0 Å². The summed E-state index contributed by atoms with van der Waals surface area (Å²) in [5.41, 5.74) is 7.86. The first-order chi connectivity index (χ1) is 8.65. The second-order valence-electron chi connectivity index (χ2n) is 4.91. The van der Waals surface area contributed by atoms with E-state index in [-0.39, 0.29) is 5.91 Å². The van der Waals surface area contributed by atoms with Crippen molar-refractivity contribution in [2.75, 3.05) is 19.6 Å². The fraction of sp³-hybridized carbons (Fsp3) is 0.667. The molecule has 1 amide bonds. The number of nitrogens with zero attached hydrogens (tertiary/aromatic N) is 2. The summed E-state index contributed by atoms with van der Waals surface area (Å²) in [6, 6.07) is 0.304. The smallest absolute Gasteiger partial charge is 0.234 e. The van der Waals surface area contributed by atoms with Crippen LogP contribution in [0.1, 0.15) is 24.1 Å². The van der Waals surface area contributed by atoms with Crippen molar-refractivity contribution in [1.82, 2.24) is 20.4 Å². The number of carbonyl (C=O) groups excluding carboxylic acids is 1. The van der Waals surface area contributed by atoms with Crippen LogP contribution in [0.2, 0.25) is 0 Å². The molecule has 0 saturated carbocycles. The molecule has 6 heteroatoms. The molecule has 4 N–H and O–H groups in total. The number of aryl methyl sites for hydroxylation is 1. The van der Waals surface area contributed by atoms with Crippen LogP contribution in [0.15, 0.2) is 6.20 Å². The number of hydrogen-bond acceptors (Lipinski definition) is 4. The van der Waals surface area contributed by atoms with Gasteiger partial charge in [-0.3, -0.25) is 14.8 Å². The maximum atomic E-state index is 11.8. The van der Waals surface area contributed by atoms with E-state index in [0.717, 1.165) is 37.2 Å². The molecule has 0 radical (unpaired) electrons. The average Bonchev–Trinajstić information content (AvgIpc) is 2.75. The first-order valence-electron chi connectivity index (χ1n) is 6.38. The highest BCUT2D eigenvalue weighted by Crippen LogP contribution is 2.07. The van der Waals surface area contributed by atoms with Crippen molar-refractivity contribution in [2.45, 2.75) is 32.4 Å². The molecule has 0 unspecified atom stereocenters. The van der Waals surface area contributed by atoms with Crippen LogP contribution in [0.4, 0.5) is 0 Å². The van der Waals surface area contributed by atoms with Gasteiger partial charge in [-0.15, -0.1) is 0 Å². The van der Waals surface area contributed by atoms with Crippen LogP contribution in [0.25, 0.3) is 0 Å². The maximum absolute atomic E-state index is 11.8. The molecule has 0 aliphatic carbocycles. The SMILES string of the molecule is Cc1[nH]ncc1CNC(=O)CN1CCC(N)CC1. The van der Waals surface area contributed by atoms with Crippen LogP contribution in [-0.2, 0) is 11.3 Å². The van der Waals surface area contributed by atoms with E-state index >= 15 is 0 Å². The molecule has 1 aliphatic rings. The van der Waals surface area contributed by atoms with Gasteiger partial charge in [0.25, 0.3) is 0 Å². The molecule has 6 nitrogen and oxygen atoms in total. The summed E-state index contributed by atoms with van der Waals surface area (Å²) in [6.07, 6.45) is 3.71. The van der Waals surface area contributed by atoms with E-state index in [0.29, 0.717) is 19.1 Å². The first kappa shape index (κ1) is 13.0. The monoisotopic (exact) mass is 251 g/mol.